The van der Waals surface area contributed by atoms with E-state index in [-0.39, 0.29) is 24.2 Å². The Bertz CT molecular complexity index is 468. The summed E-state index contributed by atoms with van der Waals surface area (Å²) in [6.07, 6.45) is 0.351. The van der Waals surface area contributed by atoms with Gasteiger partial charge < -0.3 is 9.05 Å². The van der Waals surface area contributed by atoms with Crippen LogP contribution >= 0.6 is 7.60 Å². The minimum absolute atomic E-state index is 0.0940. The second-order valence-corrected chi connectivity index (χ2v) is 7.56. The van der Waals surface area contributed by atoms with Crippen molar-refractivity contribution in [3.05, 3.63) is 35.9 Å². The van der Waals surface area contributed by atoms with Crippen LogP contribution in [0.1, 0.15) is 39.7 Å². The lowest BCUT2D eigenvalue weighted by Crippen LogP contribution is -2.15. The Morgan fingerprint density at radius 2 is 1.57 bits per heavy atom. The number of rotatable bonds is 9. The summed E-state index contributed by atoms with van der Waals surface area (Å²) in [5.41, 5.74) is 1.09. The summed E-state index contributed by atoms with van der Waals surface area (Å²) in [4.78, 5) is 12.1. The van der Waals surface area contributed by atoms with Crippen molar-refractivity contribution in [1.82, 2.24) is 0 Å². The number of Topliss-reactive ketones (excluding diaryl/α,β-unsaturated/α-hetero) is 1. The predicted molar refractivity (Wildman–Crippen MR) is 84.7 cm³/mol. The maximum Gasteiger partial charge on any atom is 0.338 e. The SMILES string of the molecule is CC(C)OP(=O)(CC(=O)CCc1ccccc1)OC(C)C. The van der Waals surface area contributed by atoms with E-state index in [0.29, 0.717) is 12.8 Å². The molecule has 0 unspecified atom stereocenters. The third kappa shape index (κ3) is 7.56. The van der Waals surface area contributed by atoms with Crippen molar-refractivity contribution in [1.29, 1.82) is 0 Å². The third-order valence-electron chi connectivity index (χ3n) is 2.65. The zero-order valence-electron chi connectivity index (χ0n) is 13.2. The van der Waals surface area contributed by atoms with E-state index < -0.39 is 7.60 Å². The highest BCUT2D eigenvalue weighted by molar-refractivity contribution is 7.54. The van der Waals surface area contributed by atoms with Gasteiger partial charge in [-0.15, -0.1) is 0 Å². The zero-order chi connectivity index (χ0) is 15.9. The van der Waals surface area contributed by atoms with E-state index in [1.807, 2.05) is 30.3 Å². The fourth-order valence-corrected chi connectivity index (χ4v) is 4.04. The number of ketones is 1. The van der Waals surface area contributed by atoms with Gasteiger partial charge in [-0.25, -0.2) is 0 Å². The van der Waals surface area contributed by atoms with Gasteiger partial charge in [0, 0.05) is 6.42 Å². The first-order valence-electron chi connectivity index (χ1n) is 7.32. The van der Waals surface area contributed by atoms with Gasteiger partial charge in [-0.3, -0.25) is 9.36 Å². The Morgan fingerprint density at radius 3 is 2.05 bits per heavy atom. The van der Waals surface area contributed by atoms with E-state index in [0.717, 1.165) is 5.56 Å². The summed E-state index contributed by atoms with van der Waals surface area (Å²) in [6.45, 7) is 7.13. The minimum atomic E-state index is -3.36. The van der Waals surface area contributed by atoms with Gasteiger partial charge in [0.1, 0.15) is 11.9 Å². The molecule has 1 aromatic rings. The van der Waals surface area contributed by atoms with E-state index in [1.54, 1.807) is 27.7 Å². The normalized spacial score (nSPS) is 12.1. The molecule has 0 bridgehead atoms. The van der Waals surface area contributed by atoms with Crippen LogP contribution in [0.5, 0.6) is 0 Å². The van der Waals surface area contributed by atoms with Gasteiger partial charge in [0.05, 0.1) is 12.2 Å². The van der Waals surface area contributed by atoms with Gasteiger partial charge in [-0.2, -0.15) is 0 Å². The molecule has 118 valence electrons. The molecule has 1 rings (SSSR count). The van der Waals surface area contributed by atoms with Crippen LogP contribution in [0.4, 0.5) is 0 Å². The van der Waals surface area contributed by atoms with Crippen LogP contribution in [-0.4, -0.2) is 24.2 Å². The van der Waals surface area contributed by atoms with Crippen LogP contribution in [0.3, 0.4) is 0 Å². The van der Waals surface area contributed by atoms with Crippen LogP contribution in [0, 0.1) is 0 Å². The maximum absolute atomic E-state index is 12.6. The van der Waals surface area contributed by atoms with Crippen molar-refractivity contribution in [3.8, 4) is 0 Å². The lowest BCUT2D eigenvalue weighted by atomic mass is 10.1. The van der Waals surface area contributed by atoms with Crippen LogP contribution in [-0.2, 0) is 24.8 Å². The van der Waals surface area contributed by atoms with Gasteiger partial charge in [-0.1, -0.05) is 30.3 Å². The van der Waals surface area contributed by atoms with Crippen LogP contribution < -0.4 is 0 Å². The molecule has 0 spiro atoms. The molecule has 0 N–H and O–H groups in total. The molecule has 0 radical (unpaired) electrons. The van der Waals surface area contributed by atoms with Crippen molar-refractivity contribution >= 4 is 13.4 Å². The van der Waals surface area contributed by atoms with Gasteiger partial charge in [0.15, 0.2) is 0 Å². The Balaban J connectivity index is 2.57. The molecule has 0 saturated heterocycles. The topological polar surface area (TPSA) is 52.6 Å². The predicted octanol–water partition coefficient (Wildman–Crippen LogP) is 4.23. The lowest BCUT2D eigenvalue weighted by Gasteiger charge is -2.22. The zero-order valence-corrected chi connectivity index (χ0v) is 14.1. The Morgan fingerprint density at radius 1 is 1.05 bits per heavy atom. The highest BCUT2D eigenvalue weighted by Crippen LogP contribution is 2.50. The molecule has 0 saturated carbocycles. The van der Waals surface area contributed by atoms with Gasteiger partial charge in [-0.05, 0) is 39.7 Å². The highest BCUT2D eigenvalue weighted by atomic mass is 31.2. The molecule has 21 heavy (non-hydrogen) atoms. The Hall–Kier alpha value is -0.960. The monoisotopic (exact) mass is 312 g/mol. The molecule has 1 aromatic carbocycles. The van der Waals surface area contributed by atoms with E-state index in [1.165, 1.54) is 0 Å². The third-order valence-corrected chi connectivity index (χ3v) is 4.87. The van der Waals surface area contributed by atoms with Gasteiger partial charge in [0.25, 0.3) is 0 Å². The first kappa shape index (κ1) is 18.1. The summed E-state index contributed by atoms with van der Waals surface area (Å²) in [6, 6.07) is 9.76. The van der Waals surface area contributed by atoms with E-state index in [9.17, 15) is 9.36 Å². The summed E-state index contributed by atoms with van der Waals surface area (Å²) >= 11 is 0. The number of carbonyl (C=O) groups excluding carboxylic acids is 1. The number of hydrogen-bond acceptors (Lipinski definition) is 4. The van der Waals surface area contributed by atoms with Crippen molar-refractivity contribution in [3.63, 3.8) is 0 Å². The molecular weight excluding hydrogens is 287 g/mol. The molecule has 0 heterocycles. The number of aryl methyl sites for hydroxylation is 1. The van der Waals surface area contributed by atoms with E-state index in [2.05, 4.69) is 0 Å². The molecule has 5 heteroatoms. The Kier molecular flexibility index (Phi) is 7.30. The summed E-state index contributed by atoms with van der Waals surface area (Å²) in [5.74, 6) is -0.0940. The summed E-state index contributed by atoms with van der Waals surface area (Å²) < 4.78 is 23.4. The van der Waals surface area contributed by atoms with Crippen molar-refractivity contribution in [2.45, 2.75) is 52.7 Å². The second-order valence-electron chi connectivity index (χ2n) is 5.60. The summed E-state index contributed by atoms with van der Waals surface area (Å²) in [5, 5.41) is 0. The average molecular weight is 312 g/mol. The molecule has 0 atom stereocenters. The van der Waals surface area contributed by atoms with Gasteiger partial charge in [0.2, 0.25) is 0 Å². The van der Waals surface area contributed by atoms with Crippen molar-refractivity contribution in [2.24, 2.45) is 0 Å². The average Bonchev–Trinajstić information content (AvgIpc) is 2.35. The van der Waals surface area contributed by atoms with Crippen LogP contribution in [0.15, 0.2) is 30.3 Å². The molecule has 0 aliphatic heterocycles. The van der Waals surface area contributed by atoms with Crippen LogP contribution in [0.25, 0.3) is 0 Å². The van der Waals surface area contributed by atoms with Gasteiger partial charge >= 0.3 is 7.60 Å². The molecule has 0 aliphatic carbocycles. The minimum Gasteiger partial charge on any atom is -0.306 e. The van der Waals surface area contributed by atoms with E-state index >= 15 is 0 Å². The van der Waals surface area contributed by atoms with Crippen molar-refractivity contribution < 1.29 is 18.4 Å². The molecular formula is C16H25O4P. The number of carbonyl (C=O) groups is 1. The Labute approximate surface area is 127 Å². The van der Waals surface area contributed by atoms with E-state index in [4.69, 9.17) is 9.05 Å². The quantitative estimate of drug-likeness (QED) is 0.640. The fourth-order valence-electron chi connectivity index (χ4n) is 1.97. The van der Waals surface area contributed by atoms with Crippen molar-refractivity contribution in [2.75, 3.05) is 6.16 Å². The largest absolute Gasteiger partial charge is 0.338 e. The standard InChI is InChI=1S/C16H25O4P/c1-13(2)19-21(18,20-14(3)4)12-16(17)11-10-15-8-6-5-7-9-15/h5-9,13-14H,10-12H2,1-4H3. The molecule has 0 amide bonds. The first-order valence-corrected chi connectivity index (χ1v) is 9.05. The smallest absolute Gasteiger partial charge is 0.306 e. The molecule has 0 aromatic heterocycles. The number of hydrogen-bond donors (Lipinski definition) is 0. The summed E-state index contributed by atoms with van der Waals surface area (Å²) in [7, 11) is -3.36. The number of benzene rings is 1. The molecule has 0 aliphatic rings. The fraction of sp³-hybridized carbons (Fsp3) is 0.562. The first-order chi connectivity index (χ1) is 9.81. The maximum atomic E-state index is 12.6. The highest BCUT2D eigenvalue weighted by Gasteiger charge is 2.30. The second kappa shape index (κ2) is 8.47. The lowest BCUT2D eigenvalue weighted by molar-refractivity contribution is -0.117. The van der Waals surface area contributed by atoms with Crippen LogP contribution in [0.2, 0.25) is 0 Å². The molecule has 0 fully saturated rings. The molecule has 4 nitrogen and oxygen atoms in total.